The summed E-state index contributed by atoms with van der Waals surface area (Å²) < 4.78 is 36.0. The van der Waals surface area contributed by atoms with Gasteiger partial charge in [-0.05, 0) is 12.8 Å². The van der Waals surface area contributed by atoms with Crippen molar-refractivity contribution in [2.75, 3.05) is 0 Å². The van der Waals surface area contributed by atoms with Crippen LogP contribution in [0.5, 0.6) is 0 Å². The number of halogens is 3. The second kappa shape index (κ2) is 2.88. The molecule has 1 unspecified atom stereocenters. The lowest BCUT2D eigenvalue weighted by Crippen LogP contribution is -2.55. The van der Waals surface area contributed by atoms with E-state index in [1.807, 2.05) is 0 Å². The molecule has 3 N–H and O–H groups in total. The van der Waals surface area contributed by atoms with Crippen molar-refractivity contribution in [3.8, 4) is 0 Å². The van der Waals surface area contributed by atoms with Crippen LogP contribution in [0.3, 0.4) is 0 Å². The molecule has 0 heterocycles. The predicted molar refractivity (Wildman–Crippen MR) is 37.4 cm³/mol. The Balaban J connectivity index is 2.68. The SMILES string of the molecule is NC1(C(O)C(F)(F)F)CCCC1. The van der Waals surface area contributed by atoms with E-state index in [0.29, 0.717) is 12.8 Å². The summed E-state index contributed by atoms with van der Waals surface area (Å²) in [6.07, 6.45) is -5.10. The van der Waals surface area contributed by atoms with Crippen molar-refractivity contribution in [2.24, 2.45) is 5.73 Å². The van der Waals surface area contributed by atoms with Gasteiger partial charge in [0.2, 0.25) is 0 Å². The van der Waals surface area contributed by atoms with E-state index >= 15 is 0 Å². The van der Waals surface area contributed by atoms with Crippen LogP contribution in [0, 0.1) is 0 Å². The van der Waals surface area contributed by atoms with Crippen molar-refractivity contribution in [3.63, 3.8) is 0 Å². The first-order valence-corrected chi connectivity index (χ1v) is 3.90. The van der Waals surface area contributed by atoms with Crippen LogP contribution in [0.4, 0.5) is 13.2 Å². The lowest BCUT2D eigenvalue weighted by atomic mass is 9.91. The molecular formula is C7H12F3NO. The Morgan fingerprint density at radius 1 is 1.25 bits per heavy atom. The van der Waals surface area contributed by atoms with Crippen LogP contribution in [0.15, 0.2) is 0 Å². The minimum absolute atomic E-state index is 0.258. The lowest BCUT2D eigenvalue weighted by Gasteiger charge is -2.30. The number of aliphatic hydroxyl groups excluding tert-OH is 1. The molecule has 0 aliphatic heterocycles. The molecule has 1 fully saturated rings. The Bertz CT molecular complexity index is 163. The summed E-state index contributed by atoms with van der Waals surface area (Å²) in [5.74, 6) is 0. The van der Waals surface area contributed by atoms with Crippen LogP contribution >= 0.6 is 0 Å². The van der Waals surface area contributed by atoms with Gasteiger partial charge in [0.05, 0.1) is 5.54 Å². The van der Waals surface area contributed by atoms with Crippen molar-refractivity contribution in [1.29, 1.82) is 0 Å². The second-order valence-electron chi connectivity index (χ2n) is 3.38. The van der Waals surface area contributed by atoms with E-state index in [-0.39, 0.29) is 12.8 Å². The summed E-state index contributed by atoms with van der Waals surface area (Å²) in [5, 5.41) is 8.89. The van der Waals surface area contributed by atoms with Gasteiger partial charge in [-0.2, -0.15) is 13.2 Å². The average Bonchev–Trinajstić information content (AvgIpc) is 2.34. The van der Waals surface area contributed by atoms with Gasteiger partial charge < -0.3 is 10.8 Å². The van der Waals surface area contributed by atoms with Crippen LogP contribution in [0.25, 0.3) is 0 Å². The Morgan fingerprint density at radius 3 is 2.00 bits per heavy atom. The number of nitrogens with two attached hydrogens (primary N) is 1. The second-order valence-corrected chi connectivity index (χ2v) is 3.38. The van der Waals surface area contributed by atoms with Gasteiger partial charge in [-0.15, -0.1) is 0 Å². The predicted octanol–water partition coefficient (Wildman–Crippen LogP) is 1.18. The summed E-state index contributed by atoms with van der Waals surface area (Å²) in [4.78, 5) is 0. The van der Waals surface area contributed by atoms with E-state index in [1.54, 1.807) is 0 Å². The summed E-state index contributed by atoms with van der Waals surface area (Å²) >= 11 is 0. The van der Waals surface area contributed by atoms with Crippen LogP contribution in [0.1, 0.15) is 25.7 Å². The molecule has 0 aromatic rings. The van der Waals surface area contributed by atoms with Crippen LogP contribution < -0.4 is 5.73 Å². The number of alkyl halides is 3. The van der Waals surface area contributed by atoms with Crippen LogP contribution in [-0.4, -0.2) is 22.9 Å². The number of aliphatic hydroxyl groups is 1. The highest BCUT2D eigenvalue weighted by atomic mass is 19.4. The van der Waals surface area contributed by atoms with Gasteiger partial charge in [0.25, 0.3) is 0 Å². The molecule has 0 aromatic heterocycles. The van der Waals surface area contributed by atoms with Gasteiger partial charge in [0.15, 0.2) is 6.10 Å². The van der Waals surface area contributed by atoms with Gasteiger partial charge in [0.1, 0.15) is 0 Å². The van der Waals surface area contributed by atoms with Gasteiger partial charge in [-0.3, -0.25) is 0 Å². The maximum atomic E-state index is 12.0. The Kier molecular flexibility index (Phi) is 2.35. The van der Waals surface area contributed by atoms with Crippen molar-refractivity contribution in [1.82, 2.24) is 0 Å². The highest BCUT2D eigenvalue weighted by Crippen LogP contribution is 2.37. The largest absolute Gasteiger partial charge is 0.416 e. The third-order valence-electron chi connectivity index (χ3n) is 2.39. The van der Waals surface area contributed by atoms with Gasteiger partial charge in [0, 0.05) is 0 Å². The standard InChI is InChI=1S/C7H12F3NO/c8-7(9,10)5(12)6(11)3-1-2-4-6/h5,12H,1-4,11H2. The zero-order valence-corrected chi connectivity index (χ0v) is 6.56. The quantitative estimate of drug-likeness (QED) is 0.641. The van der Waals surface area contributed by atoms with Crippen molar-refractivity contribution >= 4 is 0 Å². The maximum absolute atomic E-state index is 12.0. The van der Waals surface area contributed by atoms with E-state index in [0.717, 1.165) is 0 Å². The Morgan fingerprint density at radius 2 is 1.67 bits per heavy atom. The molecule has 0 radical (unpaired) electrons. The first kappa shape index (κ1) is 9.80. The Labute approximate surface area is 68.6 Å². The molecule has 1 rings (SSSR count). The van der Waals surface area contributed by atoms with Gasteiger partial charge in [-0.25, -0.2) is 0 Å². The maximum Gasteiger partial charge on any atom is 0.416 e. The normalized spacial score (nSPS) is 25.8. The van der Waals surface area contributed by atoms with Crippen molar-refractivity contribution in [3.05, 3.63) is 0 Å². The monoisotopic (exact) mass is 183 g/mol. The summed E-state index contributed by atoms with van der Waals surface area (Å²) in [5.41, 5.74) is 3.99. The van der Waals surface area contributed by atoms with E-state index in [2.05, 4.69) is 0 Å². The third kappa shape index (κ3) is 1.72. The zero-order valence-electron chi connectivity index (χ0n) is 6.56. The highest BCUT2D eigenvalue weighted by molar-refractivity contribution is 4.98. The minimum Gasteiger partial charge on any atom is -0.382 e. The number of rotatable bonds is 1. The molecule has 1 atom stereocenters. The molecule has 12 heavy (non-hydrogen) atoms. The average molecular weight is 183 g/mol. The molecule has 2 nitrogen and oxygen atoms in total. The van der Waals surface area contributed by atoms with Crippen molar-refractivity contribution < 1.29 is 18.3 Å². The molecule has 1 aliphatic carbocycles. The molecule has 5 heteroatoms. The first-order valence-electron chi connectivity index (χ1n) is 3.90. The fourth-order valence-electron chi connectivity index (χ4n) is 1.63. The Hall–Kier alpha value is -0.290. The fourth-order valence-corrected chi connectivity index (χ4v) is 1.63. The molecule has 0 aromatic carbocycles. The van der Waals surface area contributed by atoms with E-state index in [9.17, 15) is 13.2 Å². The smallest absolute Gasteiger partial charge is 0.382 e. The number of hydrogen-bond donors (Lipinski definition) is 2. The highest BCUT2D eigenvalue weighted by Gasteiger charge is 2.51. The molecule has 1 aliphatic rings. The van der Waals surface area contributed by atoms with E-state index in [4.69, 9.17) is 10.8 Å². The van der Waals surface area contributed by atoms with Crippen LogP contribution in [-0.2, 0) is 0 Å². The van der Waals surface area contributed by atoms with E-state index < -0.39 is 17.8 Å². The summed E-state index contributed by atoms with van der Waals surface area (Å²) in [7, 11) is 0. The molecule has 0 amide bonds. The molecule has 1 saturated carbocycles. The summed E-state index contributed by atoms with van der Waals surface area (Å²) in [6.45, 7) is 0. The molecule has 0 spiro atoms. The number of hydrogen-bond acceptors (Lipinski definition) is 2. The van der Waals surface area contributed by atoms with E-state index in [1.165, 1.54) is 0 Å². The first-order chi connectivity index (χ1) is 5.36. The van der Waals surface area contributed by atoms with Gasteiger partial charge >= 0.3 is 6.18 Å². The van der Waals surface area contributed by atoms with Gasteiger partial charge in [-0.1, -0.05) is 12.8 Å². The molecular weight excluding hydrogens is 171 g/mol. The lowest BCUT2D eigenvalue weighted by molar-refractivity contribution is -0.222. The zero-order chi connectivity index (χ0) is 9.41. The molecule has 0 saturated heterocycles. The fraction of sp³-hybridized carbons (Fsp3) is 1.00. The topological polar surface area (TPSA) is 46.2 Å². The molecule has 0 bridgehead atoms. The molecule has 72 valence electrons. The third-order valence-corrected chi connectivity index (χ3v) is 2.39. The van der Waals surface area contributed by atoms with Crippen LogP contribution in [0.2, 0.25) is 0 Å². The minimum atomic E-state index is -4.58. The summed E-state index contributed by atoms with van der Waals surface area (Å²) in [6, 6.07) is 0. The van der Waals surface area contributed by atoms with Crippen molar-refractivity contribution in [2.45, 2.75) is 43.5 Å².